The Morgan fingerprint density at radius 2 is 2.04 bits per heavy atom. The molecule has 4 rings (SSSR count). The zero-order valence-corrected chi connectivity index (χ0v) is 15.7. The van der Waals surface area contributed by atoms with Crippen LogP contribution in [0.15, 0.2) is 36.5 Å². The fraction of sp³-hybridized carbons (Fsp3) is 0.476. The Bertz CT molecular complexity index is 787. The molecule has 2 atom stereocenters. The lowest BCUT2D eigenvalue weighted by Gasteiger charge is -2.33. The lowest BCUT2D eigenvalue weighted by atomic mass is 9.94. The molecule has 0 saturated carbocycles. The van der Waals surface area contributed by atoms with E-state index >= 15 is 0 Å². The summed E-state index contributed by atoms with van der Waals surface area (Å²) < 4.78 is 5.58. The Kier molecular flexibility index (Phi) is 5.34. The van der Waals surface area contributed by atoms with Crippen molar-refractivity contribution in [3.05, 3.63) is 47.8 Å². The molecule has 2 aliphatic heterocycles. The van der Waals surface area contributed by atoms with E-state index in [1.165, 1.54) is 5.56 Å². The molecule has 0 spiro atoms. The van der Waals surface area contributed by atoms with Crippen molar-refractivity contribution in [3.63, 3.8) is 0 Å². The fourth-order valence-electron chi connectivity index (χ4n) is 3.82. The van der Waals surface area contributed by atoms with Crippen LogP contribution >= 0.6 is 0 Å². The van der Waals surface area contributed by atoms with E-state index in [2.05, 4.69) is 29.4 Å². The fourth-order valence-corrected chi connectivity index (χ4v) is 3.82. The number of nitrogens with zero attached hydrogens (tertiary/aromatic N) is 3. The number of likely N-dealkylation sites (tertiary alicyclic amines) is 1. The van der Waals surface area contributed by atoms with Crippen molar-refractivity contribution in [3.8, 4) is 0 Å². The predicted molar refractivity (Wildman–Crippen MR) is 104 cm³/mol. The van der Waals surface area contributed by atoms with Gasteiger partial charge in [-0.1, -0.05) is 17.7 Å². The zero-order valence-electron chi connectivity index (χ0n) is 15.7. The summed E-state index contributed by atoms with van der Waals surface area (Å²) >= 11 is 0. The Morgan fingerprint density at radius 1 is 1.19 bits per heavy atom. The molecule has 0 bridgehead atoms. The molecule has 2 fully saturated rings. The van der Waals surface area contributed by atoms with Gasteiger partial charge in [0.2, 0.25) is 5.95 Å². The van der Waals surface area contributed by atoms with Crippen LogP contribution in [0.5, 0.6) is 0 Å². The van der Waals surface area contributed by atoms with Crippen LogP contribution in [0, 0.1) is 6.92 Å². The normalized spacial score (nSPS) is 22.6. The van der Waals surface area contributed by atoms with E-state index in [4.69, 9.17) is 9.72 Å². The van der Waals surface area contributed by atoms with Crippen LogP contribution in [-0.2, 0) is 9.53 Å². The number of benzene rings is 1. The van der Waals surface area contributed by atoms with Gasteiger partial charge in [0.15, 0.2) is 0 Å². The minimum atomic E-state index is -0.243. The second-order valence-corrected chi connectivity index (χ2v) is 7.42. The second-order valence-electron chi connectivity index (χ2n) is 7.42. The largest absolute Gasteiger partial charge is 0.368 e. The highest BCUT2D eigenvalue weighted by Gasteiger charge is 2.32. The van der Waals surface area contributed by atoms with E-state index in [9.17, 15) is 4.79 Å². The number of piperidine rings is 1. The van der Waals surface area contributed by atoms with Gasteiger partial charge in [-0.15, -0.1) is 0 Å². The number of ether oxygens (including phenoxy) is 1. The van der Waals surface area contributed by atoms with Crippen molar-refractivity contribution in [1.29, 1.82) is 0 Å². The van der Waals surface area contributed by atoms with Crippen LogP contribution in [0.2, 0.25) is 0 Å². The first-order valence-electron chi connectivity index (χ1n) is 9.76. The molecule has 1 aromatic heterocycles. The van der Waals surface area contributed by atoms with E-state index in [0.29, 0.717) is 19.1 Å². The number of carbonyl (C=O) groups is 1. The number of anilines is 2. The lowest BCUT2D eigenvalue weighted by molar-refractivity contribution is -0.142. The molecular weight excluding hydrogens is 340 g/mol. The smallest absolute Gasteiger partial charge is 0.251 e. The average molecular weight is 366 g/mol. The van der Waals surface area contributed by atoms with Gasteiger partial charge in [0, 0.05) is 37.5 Å². The quantitative estimate of drug-likeness (QED) is 0.898. The minimum Gasteiger partial charge on any atom is -0.368 e. The van der Waals surface area contributed by atoms with Gasteiger partial charge in [0.1, 0.15) is 6.10 Å². The first-order valence-corrected chi connectivity index (χ1v) is 9.76. The number of hydrogen-bond donors (Lipinski definition) is 1. The number of aromatic nitrogens is 2. The van der Waals surface area contributed by atoms with Crippen LogP contribution in [0.4, 0.5) is 11.6 Å². The van der Waals surface area contributed by atoms with Crippen molar-refractivity contribution < 1.29 is 9.53 Å². The highest BCUT2D eigenvalue weighted by molar-refractivity contribution is 5.81. The third-order valence-corrected chi connectivity index (χ3v) is 5.34. The molecule has 1 N–H and O–H groups in total. The molecule has 6 heteroatoms. The van der Waals surface area contributed by atoms with Gasteiger partial charge in [-0.05, 0) is 50.8 Å². The van der Waals surface area contributed by atoms with E-state index in [0.717, 1.165) is 43.6 Å². The van der Waals surface area contributed by atoms with Crippen LogP contribution < -0.4 is 5.32 Å². The molecule has 6 nitrogen and oxygen atoms in total. The van der Waals surface area contributed by atoms with E-state index < -0.39 is 0 Å². The Hall–Kier alpha value is -2.47. The molecule has 0 radical (unpaired) electrons. The summed E-state index contributed by atoms with van der Waals surface area (Å²) in [4.78, 5) is 23.7. The van der Waals surface area contributed by atoms with Crippen molar-refractivity contribution in [1.82, 2.24) is 14.9 Å². The lowest BCUT2D eigenvalue weighted by Crippen LogP contribution is -2.44. The number of aryl methyl sites for hydroxylation is 1. The van der Waals surface area contributed by atoms with E-state index in [1.807, 2.05) is 23.1 Å². The number of carbonyl (C=O) groups excluding carboxylic acids is 1. The SMILES string of the molecule is Cc1ccc(Nc2nccc([C@@H]3CCCN(C(=O)[C@@H]4CCCO4)C3)n2)cc1. The molecular formula is C21H26N4O2. The van der Waals surface area contributed by atoms with Gasteiger partial charge in [0.25, 0.3) is 5.91 Å². The molecule has 3 heterocycles. The van der Waals surface area contributed by atoms with Crippen LogP contribution in [0.3, 0.4) is 0 Å². The van der Waals surface area contributed by atoms with Crippen LogP contribution in [0.1, 0.15) is 42.9 Å². The second kappa shape index (κ2) is 8.05. The first-order chi connectivity index (χ1) is 13.2. The van der Waals surface area contributed by atoms with Gasteiger partial charge in [0.05, 0.1) is 5.69 Å². The van der Waals surface area contributed by atoms with Gasteiger partial charge in [-0.2, -0.15) is 0 Å². The summed E-state index contributed by atoms with van der Waals surface area (Å²) in [5.74, 6) is 0.980. The molecule has 2 saturated heterocycles. The molecule has 27 heavy (non-hydrogen) atoms. The van der Waals surface area contributed by atoms with Gasteiger partial charge in [-0.25, -0.2) is 9.97 Å². The van der Waals surface area contributed by atoms with E-state index in [1.54, 1.807) is 6.20 Å². The van der Waals surface area contributed by atoms with Crippen LogP contribution in [-0.4, -0.2) is 46.6 Å². The van der Waals surface area contributed by atoms with Crippen molar-refractivity contribution in [2.45, 2.75) is 44.6 Å². The summed E-state index contributed by atoms with van der Waals surface area (Å²) in [6.07, 6.45) is 5.41. The third kappa shape index (κ3) is 4.27. The molecule has 1 aromatic carbocycles. The zero-order chi connectivity index (χ0) is 18.6. The third-order valence-electron chi connectivity index (χ3n) is 5.34. The molecule has 1 amide bonds. The summed E-state index contributed by atoms with van der Waals surface area (Å²) in [5, 5.41) is 3.27. The molecule has 2 aromatic rings. The van der Waals surface area contributed by atoms with Crippen LogP contribution in [0.25, 0.3) is 0 Å². The summed E-state index contributed by atoms with van der Waals surface area (Å²) in [6, 6.07) is 10.1. The van der Waals surface area contributed by atoms with Gasteiger partial charge in [-0.3, -0.25) is 4.79 Å². The number of rotatable bonds is 4. The Labute approximate surface area is 160 Å². The maximum Gasteiger partial charge on any atom is 0.251 e. The summed E-state index contributed by atoms with van der Waals surface area (Å²) in [7, 11) is 0. The predicted octanol–water partition coefficient (Wildman–Crippen LogP) is 3.41. The number of hydrogen-bond acceptors (Lipinski definition) is 5. The minimum absolute atomic E-state index is 0.143. The van der Waals surface area contributed by atoms with Gasteiger partial charge < -0.3 is 15.0 Å². The molecule has 0 aliphatic carbocycles. The highest BCUT2D eigenvalue weighted by Crippen LogP contribution is 2.28. The van der Waals surface area contributed by atoms with E-state index in [-0.39, 0.29) is 17.9 Å². The maximum absolute atomic E-state index is 12.7. The summed E-state index contributed by atoms with van der Waals surface area (Å²) in [5.41, 5.74) is 3.18. The first kappa shape index (κ1) is 17.9. The van der Waals surface area contributed by atoms with Crippen molar-refractivity contribution in [2.75, 3.05) is 25.0 Å². The molecule has 0 unspecified atom stereocenters. The topological polar surface area (TPSA) is 67.4 Å². The summed E-state index contributed by atoms with van der Waals surface area (Å²) in [6.45, 7) is 4.29. The maximum atomic E-state index is 12.7. The standard InChI is InChI=1S/C21H26N4O2/c1-15-6-8-17(9-7-15)23-21-22-11-10-18(24-21)16-4-2-12-25(14-16)20(26)19-5-3-13-27-19/h6-11,16,19H,2-5,12-14H2,1H3,(H,22,23,24)/t16-,19+/m1/s1. The molecule has 142 valence electrons. The monoisotopic (exact) mass is 366 g/mol. The Morgan fingerprint density at radius 3 is 2.81 bits per heavy atom. The molecule has 2 aliphatic rings. The Balaban J connectivity index is 1.44. The number of amides is 1. The average Bonchev–Trinajstić information content (AvgIpc) is 3.24. The van der Waals surface area contributed by atoms with Gasteiger partial charge >= 0.3 is 0 Å². The van der Waals surface area contributed by atoms with Crippen molar-refractivity contribution in [2.24, 2.45) is 0 Å². The van der Waals surface area contributed by atoms with Crippen molar-refractivity contribution >= 4 is 17.5 Å². The number of nitrogens with one attached hydrogen (secondary N) is 1. The highest BCUT2D eigenvalue weighted by atomic mass is 16.5.